The summed E-state index contributed by atoms with van der Waals surface area (Å²) in [6.07, 6.45) is 3.45. The lowest BCUT2D eigenvalue weighted by molar-refractivity contribution is 0.0935. The Bertz CT molecular complexity index is 780. The van der Waals surface area contributed by atoms with E-state index in [0.717, 1.165) is 20.4 Å². The highest BCUT2D eigenvalue weighted by molar-refractivity contribution is 8.01. The number of hydrogen-bond donors (Lipinski definition) is 2. The molecule has 2 aromatic rings. The first-order valence-electron chi connectivity index (χ1n) is 7.88. The van der Waals surface area contributed by atoms with Gasteiger partial charge in [0.05, 0.1) is 19.1 Å². The van der Waals surface area contributed by atoms with Crippen molar-refractivity contribution in [2.24, 2.45) is 0 Å². The number of amides is 1. The van der Waals surface area contributed by atoms with Gasteiger partial charge in [0.1, 0.15) is 0 Å². The predicted molar refractivity (Wildman–Crippen MR) is 101 cm³/mol. The summed E-state index contributed by atoms with van der Waals surface area (Å²) in [6, 6.07) is 10.7. The van der Waals surface area contributed by atoms with Crippen LogP contribution in [0.15, 0.2) is 39.4 Å². The van der Waals surface area contributed by atoms with Crippen molar-refractivity contribution in [3.8, 4) is 0 Å². The molecule has 1 amide bonds. The van der Waals surface area contributed by atoms with E-state index in [1.54, 1.807) is 17.8 Å². The molecule has 2 N–H and O–H groups in total. The zero-order chi connectivity index (χ0) is 16.7. The van der Waals surface area contributed by atoms with Crippen LogP contribution in [0.3, 0.4) is 0 Å². The van der Waals surface area contributed by atoms with Crippen LogP contribution in [0.5, 0.6) is 0 Å². The molecule has 2 bridgehead atoms. The topological polar surface area (TPSA) is 41.1 Å². The number of thiophene rings is 1. The van der Waals surface area contributed by atoms with Crippen LogP contribution in [0.2, 0.25) is 10.0 Å². The summed E-state index contributed by atoms with van der Waals surface area (Å²) < 4.78 is 1.06. The lowest BCUT2D eigenvalue weighted by atomic mass is 9.95. The van der Waals surface area contributed by atoms with Crippen molar-refractivity contribution in [2.75, 3.05) is 0 Å². The molecule has 3 atom stereocenters. The Morgan fingerprint density at radius 1 is 1.21 bits per heavy atom. The van der Waals surface area contributed by atoms with Crippen LogP contribution in [0.25, 0.3) is 0 Å². The summed E-state index contributed by atoms with van der Waals surface area (Å²) in [5.74, 6) is 0.0281. The monoisotopic (exact) mass is 398 g/mol. The SMILES string of the molecule is O=C(N[C@@H]1C[C@H]2CC[C@@H]1N2)c1ccc(Sc2ccc(Cl)c(Cl)c2)s1. The van der Waals surface area contributed by atoms with Gasteiger partial charge in [0.15, 0.2) is 0 Å². The molecule has 24 heavy (non-hydrogen) atoms. The Labute approximate surface area is 159 Å². The quantitative estimate of drug-likeness (QED) is 0.774. The van der Waals surface area contributed by atoms with E-state index in [1.807, 2.05) is 24.3 Å². The molecule has 0 spiro atoms. The van der Waals surface area contributed by atoms with Gasteiger partial charge in [-0.2, -0.15) is 0 Å². The molecule has 126 valence electrons. The van der Waals surface area contributed by atoms with E-state index in [1.165, 1.54) is 24.2 Å². The first-order chi connectivity index (χ1) is 11.6. The van der Waals surface area contributed by atoms with E-state index >= 15 is 0 Å². The normalized spacial score (nSPS) is 25.2. The smallest absolute Gasteiger partial charge is 0.261 e. The summed E-state index contributed by atoms with van der Waals surface area (Å²) in [5.41, 5.74) is 0. The van der Waals surface area contributed by atoms with Crippen LogP contribution < -0.4 is 10.6 Å². The van der Waals surface area contributed by atoms with Crippen molar-refractivity contribution in [2.45, 2.75) is 46.5 Å². The number of nitrogens with one attached hydrogen (secondary N) is 2. The Balaban J connectivity index is 1.40. The van der Waals surface area contributed by atoms with Crippen LogP contribution in [-0.2, 0) is 0 Å². The summed E-state index contributed by atoms with van der Waals surface area (Å²) in [7, 11) is 0. The van der Waals surface area contributed by atoms with E-state index in [0.29, 0.717) is 22.1 Å². The summed E-state index contributed by atoms with van der Waals surface area (Å²) in [5, 5.41) is 7.81. The number of carbonyl (C=O) groups is 1. The molecule has 0 unspecified atom stereocenters. The maximum atomic E-state index is 12.5. The molecule has 4 rings (SSSR count). The molecule has 2 aliphatic rings. The average molecular weight is 399 g/mol. The molecular formula is C17H16Cl2N2OS2. The van der Waals surface area contributed by atoms with Gasteiger partial charge in [0.25, 0.3) is 5.91 Å². The van der Waals surface area contributed by atoms with Gasteiger partial charge in [-0.25, -0.2) is 0 Å². The van der Waals surface area contributed by atoms with Crippen molar-refractivity contribution in [1.29, 1.82) is 0 Å². The number of fused-ring (bicyclic) bond motifs is 2. The summed E-state index contributed by atoms with van der Waals surface area (Å²) in [4.78, 5) is 14.2. The van der Waals surface area contributed by atoms with Crippen molar-refractivity contribution in [1.82, 2.24) is 10.6 Å². The third-order valence-electron chi connectivity index (χ3n) is 4.53. The van der Waals surface area contributed by atoms with E-state index in [2.05, 4.69) is 10.6 Å². The van der Waals surface area contributed by atoms with Crippen LogP contribution in [0.4, 0.5) is 0 Å². The fraction of sp³-hybridized carbons (Fsp3) is 0.353. The predicted octanol–water partition coefficient (Wildman–Crippen LogP) is 4.83. The van der Waals surface area contributed by atoms with Crippen LogP contribution in [-0.4, -0.2) is 24.0 Å². The minimum Gasteiger partial charge on any atom is -0.347 e. The van der Waals surface area contributed by atoms with E-state index < -0.39 is 0 Å². The minimum atomic E-state index is 0.0281. The van der Waals surface area contributed by atoms with Gasteiger partial charge in [0, 0.05) is 23.0 Å². The molecule has 2 fully saturated rings. The Morgan fingerprint density at radius 2 is 2.08 bits per heavy atom. The standard InChI is InChI=1S/C17H16Cl2N2OS2/c18-11-3-2-10(8-12(11)19)23-16-6-5-15(24-16)17(22)21-14-7-9-1-4-13(14)20-9/h2-3,5-6,8-9,13-14,20H,1,4,7H2,(H,21,22)/t9-,13+,14-/m1/s1. The largest absolute Gasteiger partial charge is 0.347 e. The van der Waals surface area contributed by atoms with Gasteiger partial charge < -0.3 is 10.6 Å². The first-order valence-corrected chi connectivity index (χ1v) is 10.3. The van der Waals surface area contributed by atoms with Crippen LogP contribution in [0, 0.1) is 0 Å². The van der Waals surface area contributed by atoms with Gasteiger partial charge in [0.2, 0.25) is 0 Å². The van der Waals surface area contributed by atoms with Crippen LogP contribution in [0.1, 0.15) is 28.9 Å². The second-order valence-corrected chi connectivity index (χ2v) is 9.43. The van der Waals surface area contributed by atoms with Gasteiger partial charge in [-0.1, -0.05) is 35.0 Å². The van der Waals surface area contributed by atoms with Gasteiger partial charge in [-0.15, -0.1) is 11.3 Å². The van der Waals surface area contributed by atoms with E-state index in [9.17, 15) is 4.79 Å². The molecule has 3 heterocycles. The molecule has 1 aromatic heterocycles. The maximum absolute atomic E-state index is 12.5. The number of halogens is 2. The van der Waals surface area contributed by atoms with Gasteiger partial charge in [-0.05, 0) is 49.6 Å². The summed E-state index contributed by atoms with van der Waals surface area (Å²) in [6.45, 7) is 0. The number of hydrogen-bond acceptors (Lipinski definition) is 4. The van der Waals surface area contributed by atoms with Crippen molar-refractivity contribution in [3.05, 3.63) is 45.3 Å². The Morgan fingerprint density at radius 3 is 2.79 bits per heavy atom. The highest BCUT2D eigenvalue weighted by Gasteiger charge is 2.39. The highest BCUT2D eigenvalue weighted by Crippen LogP contribution is 2.36. The van der Waals surface area contributed by atoms with E-state index in [4.69, 9.17) is 23.2 Å². The van der Waals surface area contributed by atoms with Crippen molar-refractivity contribution in [3.63, 3.8) is 0 Å². The van der Waals surface area contributed by atoms with Crippen molar-refractivity contribution >= 4 is 52.2 Å². The lowest BCUT2D eigenvalue weighted by Crippen LogP contribution is -2.42. The Hall–Kier alpha value is -0.720. The second kappa shape index (κ2) is 6.89. The third-order valence-corrected chi connectivity index (χ3v) is 7.48. The number of carbonyl (C=O) groups excluding carboxylic acids is 1. The van der Waals surface area contributed by atoms with Crippen molar-refractivity contribution < 1.29 is 4.79 Å². The number of rotatable bonds is 4. The molecule has 7 heteroatoms. The highest BCUT2D eigenvalue weighted by atomic mass is 35.5. The molecule has 0 radical (unpaired) electrons. The maximum Gasteiger partial charge on any atom is 0.261 e. The summed E-state index contributed by atoms with van der Waals surface area (Å²) >= 11 is 15.1. The second-order valence-electron chi connectivity index (χ2n) is 6.16. The number of benzene rings is 1. The lowest BCUT2D eigenvalue weighted by Gasteiger charge is -2.20. The zero-order valence-corrected chi connectivity index (χ0v) is 15.9. The van der Waals surface area contributed by atoms with Gasteiger partial charge in [-0.3, -0.25) is 4.79 Å². The molecule has 2 aliphatic heterocycles. The minimum absolute atomic E-state index is 0.0281. The van der Waals surface area contributed by atoms with Gasteiger partial charge >= 0.3 is 0 Å². The fourth-order valence-electron chi connectivity index (χ4n) is 3.38. The fourth-order valence-corrected chi connectivity index (χ4v) is 5.79. The molecule has 3 nitrogen and oxygen atoms in total. The average Bonchev–Trinajstić information content (AvgIpc) is 3.27. The molecule has 0 saturated carbocycles. The molecule has 0 aliphatic carbocycles. The third kappa shape index (κ3) is 3.46. The Kier molecular flexibility index (Phi) is 4.80. The zero-order valence-electron chi connectivity index (χ0n) is 12.7. The molecule has 1 aromatic carbocycles. The first kappa shape index (κ1) is 16.7. The molecule has 2 saturated heterocycles. The van der Waals surface area contributed by atoms with E-state index in [-0.39, 0.29) is 11.9 Å². The molecular weight excluding hydrogens is 383 g/mol. The van der Waals surface area contributed by atoms with Crippen LogP contribution >= 0.6 is 46.3 Å².